The fourth-order valence-electron chi connectivity index (χ4n) is 2.25. The number of benzene rings is 2. The first-order valence-electron chi connectivity index (χ1n) is 8.10. The monoisotopic (exact) mass is 375 g/mol. The van der Waals surface area contributed by atoms with Crippen molar-refractivity contribution in [3.05, 3.63) is 65.7 Å². The lowest BCUT2D eigenvalue weighted by Gasteiger charge is -2.14. The summed E-state index contributed by atoms with van der Waals surface area (Å²) in [6, 6.07) is 15.2. The van der Waals surface area contributed by atoms with Crippen molar-refractivity contribution in [1.29, 1.82) is 0 Å². The number of hydrogen-bond acceptors (Lipinski definition) is 5. The second-order valence-electron chi connectivity index (χ2n) is 5.87. The minimum absolute atomic E-state index is 0.0203. The average Bonchev–Trinajstić information content (AvgIpc) is 2.61. The maximum Gasteiger partial charge on any atom is 0.338 e. The van der Waals surface area contributed by atoms with Gasteiger partial charge in [0.15, 0.2) is 15.9 Å². The molecule has 1 amide bonds. The van der Waals surface area contributed by atoms with Gasteiger partial charge in [0, 0.05) is 12.8 Å². The third kappa shape index (κ3) is 5.70. The Morgan fingerprint density at radius 1 is 1.08 bits per heavy atom. The van der Waals surface area contributed by atoms with Crippen molar-refractivity contribution < 1.29 is 22.7 Å². The first-order chi connectivity index (χ1) is 12.3. The van der Waals surface area contributed by atoms with Gasteiger partial charge >= 0.3 is 5.97 Å². The average molecular weight is 375 g/mol. The molecular formula is C19H21NO5S. The number of sulfone groups is 1. The molecular weight excluding hydrogens is 354 g/mol. The quantitative estimate of drug-likeness (QED) is 0.748. The molecule has 0 radical (unpaired) electrons. The van der Waals surface area contributed by atoms with Gasteiger partial charge in [-0.25, -0.2) is 13.2 Å². The molecule has 2 aromatic rings. The van der Waals surface area contributed by atoms with Crippen molar-refractivity contribution in [2.24, 2.45) is 0 Å². The zero-order valence-electron chi connectivity index (χ0n) is 14.6. The van der Waals surface area contributed by atoms with Crippen LogP contribution in [0.25, 0.3) is 0 Å². The molecule has 0 aliphatic rings. The van der Waals surface area contributed by atoms with E-state index in [1.807, 2.05) is 30.3 Å². The van der Waals surface area contributed by atoms with E-state index in [1.165, 1.54) is 31.2 Å². The minimum Gasteiger partial charge on any atom is -0.449 e. The van der Waals surface area contributed by atoms with Crippen LogP contribution in [0, 0.1) is 0 Å². The van der Waals surface area contributed by atoms with E-state index in [4.69, 9.17) is 4.74 Å². The van der Waals surface area contributed by atoms with Gasteiger partial charge in [0.1, 0.15) is 0 Å². The molecule has 0 aliphatic carbocycles. The molecule has 6 nitrogen and oxygen atoms in total. The van der Waals surface area contributed by atoms with Crippen LogP contribution in [0.4, 0.5) is 0 Å². The molecule has 2 rings (SSSR count). The predicted octanol–water partition coefficient (Wildman–Crippen LogP) is 1.99. The van der Waals surface area contributed by atoms with Gasteiger partial charge in [-0.2, -0.15) is 0 Å². The van der Waals surface area contributed by atoms with Crippen molar-refractivity contribution in [3.8, 4) is 0 Å². The molecule has 0 aliphatic heterocycles. The van der Waals surface area contributed by atoms with E-state index in [0.717, 1.165) is 11.8 Å². The SMILES string of the molecule is CC(OC(=O)c1cccc(S(C)(=O)=O)c1)C(=O)NCCc1ccccc1. The summed E-state index contributed by atoms with van der Waals surface area (Å²) in [5.41, 5.74) is 1.17. The van der Waals surface area contributed by atoms with E-state index in [9.17, 15) is 18.0 Å². The number of esters is 1. The Balaban J connectivity index is 1.89. The van der Waals surface area contributed by atoms with Crippen LogP contribution in [0.15, 0.2) is 59.5 Å². The van der Waals surface area contributed by atoms with Crippen LogP contribution in [0.5, 0.6) is 0 Å². The van der Waals surface area contributed by atoms with Gasteiger partial charge in [-0.1, -0.05) is 36.4 Å². The Hall–Kier alpha value is -2.67. The van der Waals surface area contributed by atoms with E-state index in [0.29, 0.717) is 13.0 Å². The van der Waals surface area contributed by atoms with Gasteiger partial charge in [-0.3, -0.25) is 4.79 Å². The summed E-state index contributed by atoms with van der Waals surface area (Å²) in [4.78, 5) is 24.2. The van der Waals surface area contributed by atoms with Crippen LogP contribution in [0.3, 0.4) is 0 Å². The lowest BCUT2D eigenvalue weighted by atomic mass is 10.1. The number of ether oxygens (including phenoxy) is 1. The summed E-state index contributed by atoms with van der Waals surface area (Å²) in [5.74, 6) is -1.16. The van der Waals surface area contributed by atoms with E-state index >= 15 is 0 Å². The molecule has 0 saturated heterocycles. The van der Waals surface area contributed by atoms with Gasteiger partial charge in [0.05, 0.1) is 10.5 Å². The van der Waals surface area contributed by atoms with Crippen molar-refractivity contribution in [3.63, 3.8) is 0 Å². The highest BCUT2D eigenvalue weighted by Crippen LogP contribution is 2.13. The van der Waals surface area contributed by atoms with Crippen LogP contribution < -0.4 is 5.32 Å². The topological polar surface area (TPSA) is 89.5 Å². The Kier molecular flexibility index (Phi) is 6.52. The second-order valence-corrected chi connectivity index (χ2v) is 7.89. The third-order valence-electron chi connectivity index (χ3n) is 3.71. The van der Waals surface area contributed by atoms with Gasteiger partial charge in [0.25, 0.3) is 5.91 Å². The standard InChI is InChI=1S/C19H21NO5S/c1-14(18(21)20-12-11-15-7-4-3-5-8-15)25-19(22)16-9-6-10-17(13-16)26(2,23)24/h3-10,13-14H,11-12H2,1-2H3,(H,20,21). The number of nitrogens with one attached hydrogen (secondary N) is 1. The minimum atomic E-state index is -3.43. The smallest absolute Gasteiger partial charge is 0.338 e. The zero-order chi connectivity index (χ0) is 19.2. The van der Waals surface area contributed by atoms with Crippen molar-refractivity contribution in [2.75, 3.05) is 12.8 Å². The molecule has 7 heteroatoms. The summed E-state index contributed by atoms with van der Waals surface area (Å²) >= 11 is 0. The zero-order valence-corrected chi connectivity index (χ0v) is 15.5. The predicted molar refractivity (Wildman–Crippen MR) is 97.6 cm³/mol. The first-order valence-corrected chi connectivity index (χ1v) is 9.99. The van der Waals surface area contributed by atoms with E-state index in [1.54, 1.807) is 0 Å². The van der Waals surface area contributed by atoms with Crippen LogP contribution in [0.1, 0.15) is 22.8 Å². The number of rotatable bonds is 7. The third-order valence-corrected chi connectivity index (χ3v) is 4.82. The summed E-state index contributed by atoms with van der Waals surface area (Å²) in [6.07, 6.45) is 0.740. The number of amides is 1. The number of carbonyl (C=O) groups excluding carboxylic acids is 2. The molecule has 138 valence electrons. The molecule has 1 unspecified atom stereocenters. The number of carbonyl (C=O) groups is 2. The van der Waals surface area contributed by atoms with E-state index < -0.39 is 27.8 Å². The fraction of sp³-hybridized carbons (Fsp3) is 0.263. The Labute approximate surface area is 153 Å². The van der Waals surface area contributed by atoms with E-state index in [2.05, 4.69) is 5.32 Å². The lowest BCUT2D eigenvalue weighted by molar-refractivity contribution is -0.129. The highest BCUT2D eigenvalue weighted by molar-refractivity contribution is 7.90. The molecule has 0 heterocycles. The second kappa shape index (κ2) is 8.62. The maximum absolute atomic E-state index is 12.1. The van der Waals surface area contributed by atoms with Crippen LogP contribution in [-0.4, -0.2) is 39.2 Å². The molecule has 2 aromatic carbocycles. The summed E-state index contributed by atoms with van der Waals surface area (Å²) in [5, 5.41) is 2.71. The first kappa shape index (κ1) is 19.7. The molecule has 0 spiro atoms. The lowest BCUT2D eigenvalue weighted by Crippen LogP contribution is -2.36. The van der Waals surface area contributed by atoms with Crippen LogP contribution >= 0.6 is 0 Å². The van der Waals surface area contributed by atoms with E-state index in [-0.39, 0.29) is 10.5 Å². The van der Waals surface area contributed by atoms with Crippen molar-refractivity contribution in [2.45, 2.75) is 24.3 Å². The van der Waals surface area contributed by atoms with Gasteiger partial charge in [-0.15, -0.1) is 0 Å². The highest BCUT2D eigenvalue weighted by Gasteiger charge is 2.19. The van der Waals surface area contributed by atoms with Gasteiger partial charge < -0.3 is 10.1 Å². The molecule has 1 atom stereocenters. The molecule has 26 heavy (non-hydrogen) atoms. The van der Waals surface area contributed by atoms with Gasteiger partial charge in [0.2, 0.25) is 0 Å². The molecule has 0 fully saturated rings. The Morgan fingerprint density at radius 3 is 2.42 bits per heavy atom. The molecule has 0 saturated carbocycles. The van der Waals surface area contributed by atoms with Crippen LogP contribution in [-0.2, 0) is 25.8 Å². The summed E-state index contributed by atoms with van der Waals surface area (Å²) in [7, 11) is -3.43. The fourth-order valence-corrected chi connectivity index (χ4v) is 2.92. The molecule has 0 bridgehead atoms. The Morgan fingerprint density at radius 2 is 1.77 bits per heavy atom. The Bertz CT molecular complexity index is 878. The molecule has 0 aromatic heterocycles. The maximum atomic E-state index is 12.1. The van der Waals surface area contributed by atoms with Crippen molar-refractivity contribution in [1.82, 2.24) is 5.32 Å². The van der Waals surface area contributed by atoms with Crippen molar-refractivity contribution >= 4 is 21.7 Å². The number of hydrogen-bond donors (Lipinski definition) is 1. The normalized spacial score (nSPS) is 12.2. The summed E-state index contributed by atoms with van der Waals surface area (Å²) < 4.78 is 28.2. The highest BCUT2D eigenvalue weighted by atomic mass is 32.2. The largest absolute Gasteiger partial charge is 0.449 e. The molecule has 1 N–H and O–H groups in total. The van der Waals surface area contributed by atoms with Crippen LogP contribution in [0.2, 0.25) is 0 Å². The summed E-state index contributed by atoms with van der Waals surface area (Å²) in [6.45, 7) is 1.89. The van der Waals surface area contributed by atoms with Gasteiger partial charge in [-0.05, 0) is 37.1 Å².